The molecule has 1 heterocycles. The number of nitrogens with one attached hydrogen (secondary N) is 1. The van der Waals surface area contributed by atoms with Crippen LogP contribution in [0, 0.1) is 6.92 Å². The van der Waals surface area contributed by atoms with Gasteiger partial charge in [-0.1, -0.05) is 16.6 Å². The molecule has 0 unspecified atom stereocenters. The van der Waals surface area contributed by atoms with Gasteiger partial charge in [-0.25, -0.2) is 13.6 Å². The summed E-state index contributed by atoms with van der Waals surface area (Å²) in [4.78, 5) is 12.3. The first-order valence-electron chi connectivity index (χ1n) is 5.57. The van der Waals surface area contributed by atoms with Crippen molar-refractivity contribution in [2.75, 3.05) is 0 Å². The molecule has 7 nitrogen and oxygen atoms in total. The molecule has 0 aliphatic rings. The Morgan fingerprint density at radius 2 is 2.00 bits per heavy atom. The van der Waals surface area contributed by atoms with Crippen molar-refractivity contribution in [3.8, 4) is 0 Å². The predicted octanol–water partition coefficient (Wildman–Crippen LogP) is 0.424. The fourth-order valence-electron chi connectivity index (χ4n) is 1.50. The van der Waals surface area contributed by atoms with E-state index >= 15 is 0 Å². The quantitative estimate of drug-likeness (QED) is 0.849. The molecule has 3 N–H and O–H groups in total. The van der Waals surface area contributed by atoms with E-state index in [2.05, 4.69) is 14.9 Å². The fourth-order valence-corrected chi connectivity index (χ4v) is 2.59. The van der Waals surface area contributed by atoms with Gasteiger partial charge < -0.3 is 5.32 Å². The van der Waals surface area contributed by atoms with E-state index in [9.17, 15) is 13.2 Å². The van der Waals surface area contributed by atoms with Crippen molar-refractivity contribution in [2.45, 2.75) is 18.4 Å². The fraction of sp³-hybridized carbons (Fsp3) is 0.182. The van der Waals surface area contributed by atoms with Gasteiger partial charge >= 0.3 is 0 Å². The molecule has 0 bridgehead atoms. The number of hydrogen-bond acceptors (Lipinski definition) is 6. The van der Waals surface area contributed by atoms with Crippen molar-refractivity contribution in [1.29, 1.82) is 0 Å². The zero-order chi connectivity index (χ0) is 14.8. The van der Waals surface area contributed by atoms with E-state index in [1.54, 1.807) is 19.1 Å². The normalized spacial score (nSPS) is 11.3. The number of rotatable bonds is 4. The van der Waals surface area contributed by atoms with Crippen molar-refractivity contribution < 1.29 is 13.2 Å². The minimum Gasteiger partial charge on any atom is -0.347 e. The summed E-state index contributed by atoms with van der Waals surface area (Å²) in [7, 11) is -3.69. The van der Waals surface area contributed by atoms with Crippen molar-refractivity contribution in [3.05, 3.63) is 40.4 Å². The topological polar surface area (TPSA) is 115 Å². The molecule has 1 aromatic heterocycles. The molecule has 0 aliphatic carbocycles. The van der Waals surface area contributed by atoms with Gasteiger partial charge in [0.15, 0.2) is 0 Å². The first-order chi connectivity index (χ1) is 9.38. The van der Waals surface area contributed by atoms with E-state index in [1.807, 2.05) is 0 Å². The van der Waals surface area contributed by atoms with Crippen LogP contribution in [-0.2, 0) is 16.6 Å². The maximum Gasteiger partial charge on any atom is 0.265 e. The summed E-state index contributed by atoms with van der Waals surface area (Å²) < 4.78 is 25.9. The molecule has 2 rings (SSSR count). The highest BCUT2D eigenvalue weighted by Gasteiger charge is 2.12. The minimum atomic E-state index is -3.69. The second kappa shape index (κ2) is 5.65. The van der Waals surface area contributed by atoms with E-state index in [4.69, 9.17) is 5.14 Å². The number of nitrogens with zero attached hydrogens (tertiary/aromatic N) is 2. The average molecular weight is 312 g/mol. The van der Waals surface area contributed by atoms with Crippen molar-refractivity contribution in [2.24, 2.45) is 5.14 Å². The van der Waals surface area contributed by atoms with Gasteiger partial charge in [-0.3, -0.25) is 4.79 Å². The SMILES string of the molecule is Cc1nnsc1C(=O)NCc1ccc(S(N)(=O)=O)cc1. The molecule has 0 aliphatic heterocycles. The Morgan fingerprint density at radius 1 is 1.35 bits per heavy atom. The van der Waals surface area contributed by atoms with E-state index < -0.39 is 10.0 Å². The Hall–Kier alpha value is -1.84. The van der Waals surface area contributed by atoms with Crippen LogP contribution >= 0.6 is 11.5 Å². The summed E-state index contributed by atoms with van der Waals surface area (Å²) in [6, 6.07) is 5.99. The lowest BCUT2D eigenvalue weighted by molar-refractivity contribution is 0.0954. The van der Waals surface area contributed by atoms with Crippen LogP contribution in [0.25, 0.3) is 0 Å². The smallest absolute Gasteiger partial charge is 0.265 e. The third-order valence-electron chi connectivity index (χ3n) is 2.56. The lowest BCUT2D eigenvalue weighted by Crippen LogP contribution is -2.22. The number of aryl methyl sites for hydroxylation is 1. The predicted molar refractivity (Wildman–Crippen MR) is 73.6 cm³/mol. The molecule has 9 heteroatoms. The van der Waals surface area contributed by atoms with Gasteiger partial charge in [0.2, 0.25) is 10.0 Å². The summed E-state index contributed by atoms with van der Waals surface area (Å²) in [6.45, 7) is 1.99. The Kier molecular flexibility index (Phi) is 4.12. The zero-order valence-electron chi connectivity index (χ0n) is 10.5. The number of amides is 1. The zero-order valence-corrected chi connectivity index (χ0v) is 12.2. The molecule has 2 aromatic rings. The summed E-state index contributed by atoms with van der Waals surface area (Å²) in [5, 5.41) is 11.5. The second-order valence-electron chi connectivity index (χ2n) is 4.06. The Morgan fingerprint density at radius 3 is 2.50 bits per heavy atom. The molecule has 20 heavy (non-hydrogen) atoms. The second-order valence-corrected chi connectivity index (χ2v) is 6.37. The molecular formula is C11H12N4O3S2. The first-order valence-corrected chi connectivity index (χ1v) is 7.89. The highest BCUT2D eigenvalue weighted by atomic mass is 32.2. The standard InChI is InChI=1S/C11H12N4O3S2/c1-7-10(19-15-14-7)11(16)13-6-8-2-4-9(5-3-8)20(12,17)18/h2-5H,6H2,1H3,(H,13,16)(H2,12,17,18). The molecule has 0 saturated heterocycles. The van der Waals surface area contributed by atoms with Crippen LogP contribution in [-0.4, -0.2) is 23.9 Å². The van der Waals surface area contributed by atoms with E-state index in [1.165, 1.54) is 12.1 Å². The van der Waals surface area contributed by atoms with E-state index in [-0.39, 0.29) is 17.3 Å². The lowest BCUT2D eigenvalue weighted by atomic mass is 10.2. The third-order valence-corrected chi connectivity index (χ3v) is 4.32. The van der Waals surface area contributed by atoms with Crippen LogP contribution in [0.5, 0.6) is 0 Å². The number of aromatic nitrogens is 2. The first kappa shape index (κ1) is 14.6. The summed E-state index contributed by atoms with van der Waals surface area (Å²) in [6.07, 6.45) is 0. The van der Waals surface area contributed by atoms with Crippen LogP contribution in [0.3, 0.4) is 0 Å². The van der Waals surface area contributed by atoms with Crippen molar-refractivity contribution >= 4 is 27.5 Å². The highest BCUT2D eigenvalue weighted by Crippen LogP contribution is 2.11. The van der Waals surface area contributed by atoms with Crippen LogP contribution < -0.4 is 10.5 Å². The van der Waals surface area contributed by atoms with Crippen LogP contribution in [0.4, 0.5) is 0 Å². The van der Waals surface area contributed by atoms with Crippen LogP contribution in [0.2, 0.25) is 0 Å². The number of carbonyl (C=O) groups excluding carboxylic acids is 1. The molecule has 0 saturated carbocycles. The van der Waals surface area contributed by atoms with Gasteiger partial charge in [0.25, 0.3) is 5.91 Å². The van der Waals surface area contributed by atoms with E-state index in [0.29, 0.717) is 10.6 Å². The van der Waals surface area contributed by atoms with Gasteiger partial charge in [0.05, 0.1) is 10.6 Å². The monoisotopic (exact) mass is 312 g/mol. The van der Waals surface area contributed by atoms with Crippen molar-refractivity contribution in [1.82, 2.24) is 14.9 Å². The number of carbonyl (C=O) groups is 1. The summed E-state index contributed by atoms with van der Waals surface area (Å²) >= 11 is 1.03. The number of primary sulfonamides is 1. The lowest BCUT2D eigenvalue weighted by Gasteiger charge is -2.05. The molecule has 0 spiro atoms. The minimum absolute atomic E-state index is 0.0371. The molecule has 106 valence electrons. The van der Waals surface area contributed by atoms with Crippen LogP contribution in [0.15, 0.2) is 29.2 Å². The average Bonchev–Trinajstić information content (AvgIpc) is 2.82. The van der Waals surface area contributed by atoms with Gasteiger partial charge in [-0.15, -0.1) is 5.10 Å². The highest BCUT2D eigenvalue weighted by molar-refractivity contribution is 7.89. The molecule has 1 aromatic carbocycles. The number of hydrogen-bond donors (Lipinski definition) is 2. The largest absolute Gasteiger partial charge is 0.347 e. The molecular weight excluding hydrogens is 300 g/mol. The summed E-state index contributed by atoms with van der Waals surface area (Å²) in [5.74, 6) is -0.256. The number of benzene rings is 1. The van der Waals surface area contributed by atoms with Gasteiger partial charge in [0, 0.05) is 6.54 Å². The number of sulfonamides is 1. The van der Waals surface area contributed by atoms with Gasteiger partial charge in [0.1, 0.15) is 4.88 Å². The Bertz CT molecular complexity index is 722. The Balaban J connectivity index is 2.02. The Labute approximate surface area is 120 Å². The van der Waals surface area contributed by atoms with Crippen LogP contribution in [0.1, 0.15) is 20.9 Å². The molecule has 1 amide bonds. The van der Waals surface area contributed by atoms with Crippen molar-refractivity contribution in [3.63, 3.8) is 0 Å². The van der Waals surface area contributed by atoms with E-state index in [0.717, 1.165) is 17.1 Å². The number of nitrogens with two attached hydrogens (primary N) is 1. The maximum atomic E-state index is 11.8. The molecule has 0 fully saturated rings. The van der Waals surface area contributed by atoms with Gasteiger partial charge in [-0.05, 0) is 36.2 Å². The third kappa shape index (κ3) is 3.38. The maximum absolute atomic E-state index is 11.8. The summed E-state index contributed by atoms with van der Waals surface area (Å²) in [5.41, 5.74) is 1.35. The molecule has 0 atom stereocenters. The van der Waals surface area contributed by atoms with Gasteiger partial charge in [-0.2, -0.15) is 0 Å². The molecule has 0 radical (unpaired) electrons.